The maximum atomic E-state index is 12.4. The average Bonchev–Trinajstić information content (AvgIpc) is 2.54. The predicted molar refractivity (Wildman–Crippen MR) is 99.7 cm³/mol. The Morgan fingerprint density at radius 1 is 1.44 bits per heavy atom. The van der Waals surface area contributed by atoms with Crippen molar-refractivity contribution in [1.29, 1.82) is 0 Å². The molecule has 0 spiro atoms. The van der Waals surface area contributed by atoms with E-state index in [9.17, 15) is 4.79 Å². The van der Waals surface area contributed by atoms with Crippen LogP contribution in [-0.4, -0.2) is 42.8 Å². The summed E-state index contributed by atoms with van der Waals surface area (Å²) in [7, 11) is 0. The quantitative estimate of drug-likeness (QED) is 0.852. The molecular formula is C19H29ClN2O3. The van der Waals surface area contributed by atoms with Crippen LogP contribution in [0.2, 0.25) is 5.02 Å². The van der Waals surface area contributed by atoms with E-state index in [1.807, 2.05) is 45.0 Å². The van der Waals surface area contributed by atoms with Gasteiger partial charge in [0.2, 0.25) is 0 Å². The van der Waals surface area contributed by atoms with Gasteiger partial charge in [-0.05, 0) is 51.3 Å². The Morgan fingerprint density at radius 3 is 2.84 bits per heavy atom. The van der Waals surface area contributed by atoms with Gasteiger partial charge < -0.3 is 20.1 Å². The van der Waals surface area contributed by atoms with Gasteiger partial charge in [0.1, 0.15) is 5.60 Å². The smallest absolute Gasteiger partial charge is 0.410 e. The van der Waals surface area contributed by atoms with Gasteiger partial charge >= 0.3 is 6.09 Å². The van der Waals surface area contributed by atoms with Crippen molar-refractivity contribution in [3.8, 4) is 0 Å². The molecule has 2 atom stereocenters. The highest BCUT2D eigenvalue weighted by atomic mass is 35.5. The number of rotatable bonds is 5. The number of carbonyl (C=O) groups is 1. The third-order valence-electron chi connectivity index (χ3n) is 4.13. The molecule has 1 amide bonds. The van der Waals surface area contributed by atoms with Gasteiger partial charge in [-0.1, -0.05) is 23.7 Å². The summed E-state index contributed by atoms with van der Waals surface area (Å²) in [6.45, 7) is 7.89. The molecule has 0 aromatic heterocycles. The van der Waals surface area contributed by atoms with E-state index >= 15 is 0 Å². The standard InChI is InChI=1S/C19H29ClN2O3/c1-19(2,3)25-18(23)22-10-5-7-15(13-22)17(24-11-9-21)14-6-4-8-16(20)12-14/h4,6,8,12,15,17H,5,7,9-11,13,21H2,1-3H3/t15-,17+/m0/s1. The first-order valence-corrected chi connectivity index (χ1v) is 9.23. The highest BCUT2D eigenvalue weighted by Gasteiger charge is 2.33. The number of piperidine rings is 1. The van der Waals surface area contributed by atoms with Gasteiger partial charge in [-0.3, -0.25) is 0 Å². The molecule has 140 valence electrons. The molecule has 1 aliphatic heterocycles. The number of hydrogen-bond donors (Lipinski definition) is 1. The van der Waals surface area contributed by atoms with E-state index in [4.69, 9.17) is 26.8 Å². The van der Waals surface area contributed by atoms with Gasteiger partial charge in [-0.25, -0.2) is 4.79 Å². The molecule has 0 bridgehead atoms. The number of carbonyl (C=O) groups excluding carboxylic acids is 1. The molecule has 1 heterocycles. The van der Waals surface area contributed by atoms with E-state index in [0.29, 0.717) is 31.3 Å². The number of nitrogens with two attached hydrogens (primary N) is 1. The molecule has 0 radical (unpaired) electrons. The molecular weight excluding hydrogens is 340 g/mol. The first-order valence-electron chi connectivity index (χ1n) is 8.85. The van der Waals surface area contributed by atoms with Crippen LogP contribution >= 0.6 is 11.6 Å². The maximum Gasteiger partial charge on any atom is 0.410 e. The molecule has 1 fully saturated rings. The Labute approximate surface area is 155 Å². The zero-order chi connectivity index (χ0) is 18.4. The number of likely N-dealkylation sites (tertiary alicyclic amines) is 1. The Hall–Kier alpha value is -1.30. The van der Waals surface area contributed by atoms with Gasteiger partial charge in [0.25, 0.3) is 0 Å². The van der Waals surface area contributed by atoms with Crippen LogP contribution in [0.15, 0.2) is 24.3 Å². The normalized spacial score (nSPS) is 19.6. The zero-order valence-corrected chi connectivity index (χ0v) is 16.1. The molecule has 6 heteroatoms. The molecule has 1 aromatic rings. The number of benzene rings is 1. The summed E-state index contributed by atoms with van der Waals surface area (Å²) in [6, 6.07) is 7.71. The fourth-order valence-corrected chi connectivity index (χ4v) is 3.33. The van der Waals surface area contributed by atoms with Gasteiger partial charge in [-0.2, -0.15) is 0 Å². The first-order chi connectivity index (χ1) is 11.8. The molecule has 1 aromatic carbocycles. The van der Waals surface area contributed by atoms with Crippen molar-refractivity contribution in [3.05, 3.63) is 34.9 Å². The molecule has 0 unspecified atom stereocenters. The lowest BCUT2D eigenvalue weighted by atomic mass is 9.88. The van der Waals surface area contributed by atoms with E-state index in [1.165, 1.54) is 0 Å². The number of amides is 1. The van der Waals surface area contributed by atoms with Gasteiger partial charge in [0, 0.05) is 30.6 Å². The molecule has 2 rings (SSSR count). The lowest BCUT2D eigenvalue weighted by Crippen LogP contribution is -2.44. The second-order valence-electron chi connectivity index (χ2n) is 7.46. The fourth-order valence-electron chi connectivity index (χ4n) is 3.13. The van der Waals surface area contributed by atoms with E-state index in [1.54, 1.807) is 4.90 Å². The fraction of sp³-hybridized carbons (Fsp3) is 0.632. The van der Waals surface area contributed by atoms with Crippen LogP contribution < -0.4 is 5.73 Å². The molecule has 1 saturated heterocycles. The van der Waals surface area contributed by atoms with Crippen LogP contribution in [0.25, 0.3) is 0 Å². The van der Waals surface area contributed by atoms with Crippen LogP contribution in [0, 0.1) is 5.92 Å². The van der Waals surface area contributed by atoms with Crippen LogP contribution in [0.3, 0.4) is 0 Å². The van der Waals surface area contributed by atoms with Crippen LogP contribution in [-0.2, 0) is 9.47 Å². The minimum atomic E-state index is -0.494. The van der Waals surface area contributed by atoms with Gasteiger partial charge in [-0.15, -0.1) is 0 Å². The third kappa shape index (κ3) is 6.17. The summed E-state index contributed by atoms with van der Waals surface area (Å²) in [4.78, 5) is 14.2. The highest BCUT2D eigenvalue weighted by molar-refractivity contribution is 6.30. The summed E-state index contributed by atoms with van der Waals surface area (Å²) >= 11 is 6.15. The molecule has 0 saturated carbocycles. The second kappa shape index (κ2) is 8.88. The largest absolute Gasteiger partial charge is 0.444 e. The van der Waals surface area contributed by atoms with Crippen molar-refractivity contribution in [2.45, 2.75) is 45.3 Å². The van der Waals surface area contributed by atoms with Crippen molar-refractivity contribution in [2.75, 3.05) is 26.2 Å². The molecule has 5 nitrogen and oxygen atoms in total. The van der Waals surface area contributed by atoms with Crippen molar-refractivity contribution in [1.82, 2.24) is 4.90 Å². The van der Waals surface area contributed by atoms with Crippen LogP contribution in [0.5, 0.6) is 0 Å². The summed E-state index contributed by atoms with van der Waals surface area (Å²) in [6.07, 6.45) is 1.52. The summed E-state index contributed by atoms with van der Waals surface area (Å²) in [5.41, 5.74) is 6.16. The Balaban J connectivity index is 2.12. The maximum absolute atomic E-state index is 12.4. The van der Waals surface area contributed by atoms with Crippen molar-refractivity contribution in [2.24, 2.45) is 11.7 Å². The van der Waals surface area contributed by atoms with Gasteiger partial charge in [0.05, 0.1) is 12.7 Å². The summed E-state index contributed by atoms with van der Waals surface area (Å²) in [5.74, 6) is 0.186. The van der Waals surface area contributed by atoms with Gasteiger partial charge in [0.15, 0.2) is 0 Å². The molecule has 2 N–H and O–H groups in total. The Morgan fingerprint density at radius 2 is 2.20 bits per heavy atom. The summed E-state index contributed by atoms with van der Waals surface area (Å²) in [5, 5.41) is 0.679. The highest BCUT2D eigenvalue weighted by Crippen LogP contribution is 2.34. The molecule has 25 heavy (non-hydrogen) atoms. The Bertz CT molecular complexity index is 574. The lowest BCUT2D eigenvalue weighted by molar-refractivity contribution is -0.0233. The van der Waals surface area contributed by atoms with E-state index in [-0.39, 0.29) is 18.1 Å². The second-order valence-corrected chi connectivity index (χ2v) is 7.90. The SMILES string of the molecule is CC(C)(C)OC(=O)N1CCC[C@H]([C@H](OCCN)c2cccc(Cl)c2)C1. The number of ether oxygens (including phenoxy) is 2. The van der Waals surface area contributed by atoms with E-state index < -0.39 is 5.60 Å². The zero-order valence-electron chi connectivity index (χ0n) is 15.3. The minimum Gasteiger partial charge on any atom is -0.444 e. The van der Waals surface area contributed by atoms with Crippen molar-refractivity contribution in [3.63, 3.8) is 0 Å². The topological polar surface area (TPSA) is 64.8 Å². The molecule has 1 aliphatic rings. The van der Waals surface area contributed by atoms with E-state index in [2.05, 4.69) is 0 Å². The first kappa shape index (κ1) is 20.0. The monoisotopic (exact) mass is 368 g/mol. The minimum absolute atomic E-state index is 0.132. The molecule has 0 aliphatic carbocycles. The van der Waals surface area contributed by atoms with Crippen LogP contribution in [0.1, 0.15) is 45.3 Å². The average molecular weight is 369 g/mol. The van der Waals surface area contributed by atoms with Crippen LogP contribution in [0.4, 0.5) is 4.79 Å². The van der Waals surface area contributed by atoms with Crippen molar-refractivity contribution >= 4 is 17.7 Å². The lowest BCUT2D eigenvalue weighted by Gasteiger charge is -2.37. The number of halogens is 1. The Kier molecular flexibility index (Phi) is 7.11. The van der Waals surface area contributed by atoms with Crippen molar-refractivity contribution < 1.29 is 14.3 Å². The van der Waals surface area contributed by atoms with E-state index in [0.717, 1.165) is 18.4 Å². The third-order valence-corrected chi connectivity index (χ3v) is 4.37. The number of hydrogen-bond acceptors (Lipinski definition) is 4. The number of nitrogens with zero attached hydrogens (tertiary/aromatic N) is 1. The predicted octanol–water partition coefficient (Wildman–Crippen LogP) is 4.00. The summed E-state index contributed by atoms with van der Waals surface area (Å²) < 4.78 is 11.6.